The van der Waals surface area contributed by atoms with E-state index in [-0.39, 0.29) is 0 Å². The van der Waals surface area contributed by atoms with Crippen LogP contribution in [-0.4, -0.2) is 19.8 Å². The quantitative estimate of drug-likeness (QED) is 0.106. The summed E-state index contributed by atoms with van der Waals surface area (Å²) in [6.07, 6.45) is 17.0. The number of aryl methyl sites for hydroxylation is 2. The van der Waals surface area contributed by atoms with E-state index in [1.807, 2.05) is 62.5 Å². The fourth-order valence-corrected chi connectivity index (χ4v) is 9.52. The van der Waals surface area contributed by atoms with Crippen LogP contribution in [-0.2, 0) is 12.8 Å². The number of nitrogens with zero attached hydrogens (tertiary/aromatic N) is 3. The van der Waals surface area contributed by atoms with Gasteiger partial charge in [-0.3, -0.25) is 10.4 Å². The van der Waals surface area contributed by atoms with Crippen molar-refractivity contribution in [2.75, 3.05) is 0 Å². The number of fused-ring (bicyclic) bond motifs is 11. The Labute approximate surface area is 348 Å². The van der Waals surface area contributed by atoms with Crippen molar-refractivity contribution in [3.05, 3.63) is 193 Å². The van der Waals surface area contributed by atoms with Crippen molar-refractivity contribution in [2.24, 2.45) is 11.5 Å². The molecule has 6 heteroatoms. The third kappa shape index (κ3) is 5.56. The van der Waals surface area contributed by atoms with Crippen LogP contribution < -0.4 is 11.5 Å². The van der Waals surface area contributed by atoms with Crippen LogP contribution in [0.25, 0.3) is 94.2 Å². The van der Waals surface area contributed by atoms with Crippen LogP contribution in [0.4, 0.5) is 0 Å². The number of nitrogens with one attached hydrogen (secondary N) is 1. The number of hydrogen-bond acceptors (Lipinski definition) is 4. The second-order valence-corrected chi connectivity index (χ2v) is 15.4. The van der Waals surface area contributed by atoms with E-state index < -0.39 is 0 Å². The second-order valence-electron chi connectivity index (χ2n) is 15.4. The highest BCUT2D eigenvalue weighted by Gasteiger charge is 2.26. The van der Waals surface area contributed by atoms with Crippen molar-refractivity contribution in [1.82, 2.24) is 14.1 Å². The number of hydrogen-bond donors (Lipinski definition) is 3. The SMILES string of the molecule is C=Cc1ccccc1C(=N)c1ccc2c(c1)c1ccc3c(c1n2C(/C=C\C)=C/N)CCc1cc2c4cc(-c5nccc6ccccc56)ccc4n(C(/C=C\C)=C/N)c2cc1-3. The van der Waals surface area contributed by atoms with E-state index in [4.69, 9.17) is 16.5 Å². The summed E-state index contributed by atoms with van der Waals surface area (Å²) >= 11 is 0. The lowest BCUT2D eigenvalue weighted by atomic mass is 9.83. The summed E-state index contributed by atoms with van der Waals surface area (Å²) < 4.78 is 4.59. The molecule has 0 saturated carbocycles. The predicted molar refractivity (Wildman–Crippen MR) is 255 cm³/mol. The average molecular weight is 777 g/mol. The van der Waals surface area contributed by atoms with Crippen LogP contribution in [0.15, 0.2) is 165 Å². The smallest absolute Gasteiger partial charge is 0.0780 e. The lowest BCUT2D eigenvalue weighted by molar-refractivity contribution is 0.946. The molecular weight excluding hydrogens is 733 g/mol. The molecule has 9 aromatic rings. The van der Waals surface area contributed by atoms with Crippen LogP contribution >= 0.6 is 0 Å². The molecule has 0 aliphatic heterocycles. The molecule has 0 fully saturated rings. The zero-order chi connectivity index (χ0) is 41.1. The van der Waals surface area contributed by atoms with Gasteiger partial charge >= 0.3 is 0 Å². The number of rotatable bonds is 8. The molecule has 0 bridgehead atoms. The van der Waals surface area contributed by atoms with Crippen molar-refractivity contribution in [3.63, 3.8) is 0 Å². The largest absolute Gasteiger partial charge is 0.403 e. The van der Waals surface area contributed by atoms with E-state index in [1.54, 1.807) is 12.4 Å². The first-order valence-corrected chi connectivity index (χ1v) is 20.4. The van der Waals surface area contributed by atoms with Gasteiger partial charge in [-0.25, -0.2) is 0 Å². The first-order valence-electron chi connectivity index (χ1n) is 20.4. The van der Waals surface area contributed by atoms with E-state index in [1.165, 1.54) is 33.0 Å². The number of pyridine rings is 1. The van der Waals surface area contributed by atoms with Crippen molar-refractivity contribution in [2.45, 2.75) is 26.7 Å². The first-order chi connectivity index (χ1) is 29.5. The number of aromatic nitrogens is 3. The fourth-order valence-electron chi connectivity index (χ4n) is 9.52. The van der Waals surface area contributed by atoms with Crippen molar-refractivity contribution in [1.29, 1.82) is 5.41 Å². The third-order valence-corrected chi connectivity index (χ3v) is 12.2. The van der Waals surface area contributed by atoms with Crippen molar-refractivity contribution >= 4 is 77.6 Å². The zero-order valence-corrected chi connectivity index (χ0v) is 33.7. The highest BCUT2D eigenvalue weighted by molar-refractivity contribution is 6.19. The van der Waals surface area contributed by atoms with Crippen LogP contribution in [0.2, 0.25) is 0 Å². The summed E-state index contributed by atoms with van der Waals surface area (Å²) in [5.41, 5.74) is 29.2. The molecule has 0 atom stereocenters. The molecule has 0 unspecified atom stereocenters. The van der Waals surface area contributed by atoms with Gasteiger partial charge in [0.1, 0.15) is 0 Å². The Morgan fingerprint density at radius 1 is 0.667 bits per heavy atom. The zero-order valence-electron chi connectivity index (χ0n) is 33.7. The van der Waals surface area contributed by atoms with Gasteiger partial charge in [-0.2, -0.15) is 0 Å². The molecule has 5 N–H and O–H groups in total. The topological polar surface area (TPSA) is 98.6 Å². The highest BCUT2D eigenvalue weighted by atomic mass is 15.0. The van der Waals surface area contributed by atoms with Gasteiger partial charge in [0.15, 0.2) is 0 Å². The summed E-state index contributed by atoms with van der Waals surface area (Å²) in [6.45, 7) is 8.04. The third-order valence-electron chi connectivity index (χ3n) is 12.2. The summed E-state index contributed by atoms with van der Waals surface area (Å²) in [5.74, 6) is 0. The molecular formula is C54H44N6. The van der Waals surface area contributed by atoms with Gasteiger partial charge < -0.3 is 20.6 Å². The Hall–Kier alpha value is -7.70. The Morgan fingerprint density at radius 2 is 1.38 bits per heavy atom. The minimum absolute atomic E-state index is 0.465. The van der Waals surface area contributed by atoms with E-state index in [9.17, 15) is 5.41 Å². The summed E-state index contributed by atoms with van der Waals surface area (Å²) in [7, 11) is 0. The Morgan fingerprint density at radius 3 is 2.18 bits per heavy atom. The van der Waals surface area contributed by atoms with Crippen molar-refractivity contribution < 1.29 is 0 Å². The molecule has 3 aromatic heterocycles. The van der Waals surface area contributed by atoms with Gasteiger partial charge in [-0.15, -0.1) is 0 Å². The van der Waals surface area contributed by atoms with E-state index >= 15 is 0 Å². The Bertz CT molecular complexity index is 3390. The van der Waals surface area contributed by atoms with Gasteiger partial charge in [0, 0.05) is 62.2 Å². The maximum absolute atomic E-state index is 9.29. The minimum atomic E-state index is 0.465. The van der Waals surface area contributed by atoms with E-state index in [2.05, 4.69) is 119 Å². The van der Waals surface area contributed by atoms with E-state index in [0.717, 1.165) is 95.8 Å². The normalized spacial score (nSPS) is 13.4. The lowest BCUT2D eigenvalue weighted by Gasteiger charge is -2.23. The predicted octanol–water partition coefficient (Wildman–Crippen LogP) is 12.6. The van der Waals surface area contributed by atoms with Crippen LogP contribution in [0.3, 0.4) is 0 Å². The molecule has 0 amide bonds. The van der Waals surface area contributed by atoms with Crippen molar-refractivity contribution in [3.8, 4) is 22.4 Å². The maximum atomic E-state index is 9.29. The summed E-state index contributed by atoms with van der Waals surface area (Å²) in [4.78, 5) is 4.88. The van der Waals surface area contributed by atoms with Gasteiger partial charge in [0.2, 0.25) is 0 Å². The maximum Gasteiger partial charge on any atom is 0.0780 e. The number of benzene rings is 6. The average Bonchev–Trinajstić information content (AvgIpc) is 3.80. The van der Waals surface area contributed by atoms with Crippen LogP contribution in [0, 0.1) is 5.41 Å². The molecule has 10 rings (SSSR count). The van der Waals surface area contributed by atoms with Crippen LogP contribution in [0.1, 0.15) is 41.7 Å². The van der Waals surface area contributed by atoms with Gasteiger partial charge in [-0.05, 0) is 115 Å². The molecule has 0 radical (unpaired) electrons. The first kappa shape index (κ1) is 36.6. The Kier molecular flexibility index (Phi) is 8.91. The Balaban J connectivity index is 1.21. The van der Waals surface area contributed by atoms with E-state index in [0.29, 0.717) is 5.71 Å². The highest BCUT2D eigenvalue weighted by Crippen LogP contribution is 2.46. The van der Waals surface area contributed by atoms with Gasteiger partial charge in [0.05, 0.1) is 44.9 Å². The minimum Gasteiger partial charge on any atom is -0.403 e. The molecule has 3 heterocycles. The molecule has 0 saturated heterocycles. The fraction of sp³-hybridized carbons (Fsp3) is 0.0741. The molecule has 0 spiro atoms. The standard InChI is InChI=1S/C54H44N6/c1-4-11-38(31-55)59-49-24-19-37(53-41-16-10-8-14-34(41)25-26-58-53)29-47(49)48-27-35-17-20-43-42(45(35)30-51(48)59)21-22-44-46-28-36(52(57)40-15-9-7-13-33(40)6-3)18-23-50(46)60(54(43)44)39(32-56)12-5-2/h4-16,18-19,21-32,57H,3,17,20,55-56H2,1-2H3/b11-4-,12-5-,38-31+,39-32+,57-52?. The number of nitrogens with two attached hydrogens (primary N) is 2. The molecule has 6 nitrogen and oxygen atoms in total. The van der Waals surface area contributed by atoms with Gasteiger partial charge in [-0.1, -0.05) is 97.6 Å². The summed E-state index contributed by atoms with van der Waals surface area (Å²) in [6, 6.07) is 40.8. The monoisotopic (exact) mass is 776 g/mol. The number of allylic oxidation sites excluding steroid dienone is 6. The molecule has 1 aliphatic rings. The summed E-state index contributed by atoms with van der Waals surface area (Å²) in [5, 5.41) is 16.1. The van der Waals surface area contributed by atoms with Gasteiger partial charge in [0.25, 0.3) is 0 Å². The molecule has 290 valence electrons. The molecule has 6 aromatic carbocycles. The van der Waals surface area contributed by atoms with Crippen LogP contribution in [0.5, 0.6) is 0 Å². The lowest BCUT2D eigenvalue weighted by Crippen LogP contribution is -2.08. The molecule has 60 heavy (non-hydrogen) atoms. The second kappa shape index (κ2) is 14.6. The molecule has 1 aliphatic carbocycles.